The highest BCUT2D eigenvalue weighted by Gasteiger charge is 2.28. The van der Waals surface area contributed by atoms with Crippen molar-refractivity contribution < 1.29 is 23.8 Å². The molecular formula is C24H23FN4O4. The third kappa shape index (κ3) is 6.36. The average Bonchev–Trinajstić information content (AvgIpc) is 2.79. The van der Waals surface area contributed by atoms with Crippen LogP contribution in [0.5, 0.6) is 11.6 Å². The van der Waals surface area contributed by atoms with Crippen LogP contribution in [0.4, 0.5) is 4.39 Å². The van der Waals surface area contributed by atoms with Gasteiger partial charge in [0.25, 0.3) is 0 Å². The summed E-state index contributed by atoms with van der Waals surface area (Å²) >= 11 is 0. The van der Waals surface area contributed by atoms with E-state index in [1.54, 1.807) is 38.2 Å². The predicted octanol–water partition coefficient (Wildman–Crippen LogP) is 4.10. The number of ether oxygens (including phenoxy) is 2. The summed E-state index contributed by atoms with van der Waals surface area (Å²) in [5, 5.41) is 17.0. The number of nitrogens with one attached hydrogen (secondary N) is 1. The van der Waals surface area contributed by atoms with Gasteiger partial charge in [0.15, 0.2) is 0 Å². The summed E-state index contributed by atoms with van der Waals surface area (Å²) in [7, 11) is 0. The van der Waals surface area contributed by atoms with E-state index in [0.29, 0.717) is 11.4 Å². The summed E-state index contributed by atoms with van der Waals surface area (Å²) in [5.41, 5.74) is 7.24. The molecule has 33 heavy (non-hydrogen) atoms. The average molecular weight is 450 g/mol. The molecule has 0 amide bonds. The number of aliphatic imine (C=N–C) groups is 1. The number of pyridine rings is 1. The number of benzene rings is 2. The molecule has 1 heterocycles. The van der Waals surface area contributed by atoms with Crippen LogP contribution in [0.3, 0.4) is 0 Å². The van der Waals surface area contributed by atoms with E-state index in [4.69, 9.17) is 25.7 Å². The first-order valence-corrected chi connectivity index (χ1v) is 9.93. The third-order valence-electron chi connectivity index (χ3n) is 4.66. The second-order valence-electron chi connectivity index (χ2n) is 7.80. The minimum absolute atomic E-state index is 0.00185. The number of nitrogens with two attached hydrogens (primary N) is 1. The molecule has 0 bridgehead atoms. The molecule has 0 unspecified atom stereocenters. The molecule has 0 aliphatic heterocycles. The van der Waals surface area contributed by atoms with Gasteiger partial charge in [0.05, 0.1) is 5.41 Å². The van der Waals surface area contributed by atoms with Gasteiger partial charge in [0.1, 0.15) is 24.0 Å². The lowest BCUT2D eigenvalue weighted by molar-refractivity contribution is -0.148. The Morgan fingerprint density at radius 1 is 1.09 bits per heavy atom. The second kappa shape index (κ2) is 9.90. The summed E-state index contributed by atoms with van der Waals surface area (Å²) in [6.07, 6.45) is 1.63. The van der Waals surface area contributed by atoms with Gasteiger partial charge in [-0.3, -0.25) is 4.79 Å². The molecule has 3 rings (SSSR count). The fourth-order valence-corrected chi connectivity index (χ4v) is 2.60. The van der Waals surface area contributed by atoms with Gasteiger partial charge in [-0.2, -0.15) is 4.99 Å². The van der Waals surface area contributed by atoms with Crippen molar-refractivity contribution in [3.8, 4) is 22.8 Å². The Hall–Kier alpha value is -4.27. The lowest BCUT2D eigenvalue weighted by Gasteiger charge is -2.18. The molecule has 0 saturated carbocycles. The van der Waals surface area contributed by atoms with Gasteiger partial charge in [-0.15, -0.1) is 0 Å². The van der Waals surface area contributed by atoms with E-state index in [2.05, 4.69) is 9.98 Å². The van der Waals surface area contributed by atoms with Crippen molar-refractivity contribution in [3.05, 3.63) is 78.2 Å². The van der Waals surface area contributed by atoms with Crippen LogP contribution in [0.2, 0.25) is 0 Å². The zero-order chi connectivity index (χ0) is 24.0. The highest BCUT2D eigenvalue weighted by molar-refractivity contribution is 6.03. The first kappa shape index (κ1) is 23.4. The topological polar surface area (TPSA) is 131 Å². The molecule has 8 nitrogen and oxygen atoms in total. The van der Waals surface area contributed by atoms with E-state index >= 15 is 0 Å². The van der Waals surface area contributed by atoms with Crippen molar-refractivity contribution in [2.75, 3.05) is 6.61 Å². The number of carbonyl (C=O) groups is 1. The van der Waals surface area contributed by atoms with Gasteiger partial charge >= 0.3 is 12.0 Å². The molecule has 0 saturated heterocycles. The third-order valence-corrected chi connectivity index (χ3v) is 4.66. The quantitative estimate of drug-likeness (QED) is 0.367. The van der Waals surface area contributed by atoms with Crippen molar-refractivity contribution >= 4 is 17.8 Å². The smallest absolute Gasteiger partial charge is 0.316 e. The van der Waals surface area contributed by atoms with E-state index in [9.17, 15) is 9.18 Å². The number of hydrogen-bond acceptors (Lipinski definition) is 5. The molecule has 170 valence electrons. The van der Waals surface area contributed by atoms with Crippen molar-refractivity contribution in [2.45, 2.75) is 13.8 Å². The number of hydrogen-bond donors (Lipinski definition) is 3. The van der Waals surface area contributed by atoms with E-state index in [-0.39, 0.29) is 18.2 Å². The highest BCUT2D eigenvalue weighted by atomic mass is 19.1. The van der Waals surface area contributed by atoms with Crippen LogP contribution in [-0.2, 0) is 4.79 Å². The second-order valence-corrected chi connectivity index (χ2v) is 7.80. The molecule has 0 spiro atoms. The monoisotopic (exact) mass is 450 g/mol. The number of aliphatic carboxylic acids is 1. The van der Waals surface area contributed by atoms with Gasteiger partial charge < -0.3 is 20.3 Å². The Labute approximate surface area is 190 Å². The van der Waals surface area contributed by atoms with Gasteiger partial charge in [-0.1, -0.05) is 24.3 Å². The number of nitrogens with zero attached hydrogens (tertiary/aromatic N) is 2. The lowest BCUT2D eigenvalue weighted by atomic mass is 9.95. The van der Waals surface area contributed by atoms with Gasteiger partial charge in [0.2, 0.25) is 5.88 Å². The van der Waals surface area contributed by atoms with Crippen LogP contribution >= 0.6 is 0 Å². The minimum Gasteiger partial charge on any atom is -0.481 e. The van der Waals surface area contributed by atoms with Crippen molar-refractivity contribution in [3.63, 3.8) is 0 Å². The van der Waals surface area contributed by atoms with Gasteiger partial charge in [-0.25, -0.2) is 14.8 Å². The maximum atomic E-state index is 12.9. The molecule has 2 aromatic carbocycles. The summed E-state index contributed by atoms with van der Waals surface area (Å²) in [6.45, 7) is 3.16. The van der Waals surface area contributed by atoms with E-state index in [1.165, 1.54) is 24.3 Å². The summed E-state index contributed by atoms with van der Waals surface area (Å²) in [6, 6.07) is 15.4. The van der Waals surface area contributed by atoms with Crippen LogP contribution in [0.15, 0.2) is 71.9 Å². The minimum atomic E-state index is -1.02. The normalized spacial score (nSPS) is 11.7. The Bertz CT molecular complexity index is 1160. The molecule has 3 aromatic rings. The zero-order valence-electron chi connectivity index (χ0n) is 18.1. The fourth-order valence-electron chi connectivity index (χ4n) is 2.60. The first-order chi connectivity index (χ1) is 15.6. The molecule has 0 fully saturated rings. The predicted molar refractivity (Wildman–Crippen MR) is 122 cm³/mol. The van der Waals surface area contributed by atoms with Crippen molar-refractivity contribution in [2.24, 2.45) is 16.1 Å². The van der Waals surface area contributed by atoms with Crippen LogP contribution in [-0.4, -0.2) is 34.5 Å². The standard InChI is InChI=1S/C24H23FN4O4/c1-24(2,22(30)31)14-32-20-12-7-17(13-28-20)15-3-5-16(6-4-15)21(26)29-23(27)33-19-10-8-18(25)9-11-19/h3-13H,14H2,1-2H3,(H,30,31)(H3,26,27,29). The summed E-state index contributed by atoms with van der Waals surface area (Å²) in [5.74, 6) is -0.646. The number of halogens is 1. The van der Waals surface area contributed by atoms with Crippen molar-refractivity contribution in [1.82, 2.24) is 4.98 Å². The number of rotatable bonds is 7. The zero-order valence-corrected chi connectivity index (χ0v) is 18.1. The SMILES string of the molecule is CC(C)(COc1ccc(-c2ccc(/C(N)=N/C(=N)Oc3ccc(F)cc3)cc2)cn1)C(=O)O. The van der Waals surface area contributed by atoms with E-state index < -0.39 is 23.2 Å². The fraction of sp³-hybridized carbons (Fsp3) is 0.167. The van der Waals surface area contributed by atoms with Crippen LogP contribution < -0.4 is 15.2 Å². The Balaban J connectivity index is 1.63. The molecule has 0 aliphatic carbocycles. The maximum Gasteiger partial charge on any atom is 0.316 e. The first-order valence-electron chi connectivity index (χ1n) is 9.93. The molecule has 0 atom stereocenters. The number of amidine groups is 2. The molecule has 9 heteroatoms. The highest BCUT2D eigenvalue weighted by Crippen LogP contribution is 2.22. The van der Waals surface area contributed by atoms with Crippen LogP contribution in [0.25, 0.3) is 11.1 Å². The Morgan fingerprint density at radius 2 is 1.73 bits per heavy atom. The van der Waals surface area contributed by atoms with Crippen LogP contribution in [0, 0.1) is 16.6 Å². The molecule has 4 N–H and O–H groups in total. The van der Waals surface area contributed by atoms with E-state index in [1.807, 2.05) is 18.2 Å². The molecule has 0 radical (unpaired) electrons. The summed E-state index contributed by atoms with van der Waals surface area (Å²) < 4.78 is 23.6. The number of carboxylic acids is 1. The van der Waals surface area contributed by atoms with Crippen LogP contribution in [0.1, 0.15) is 19.4 Å². The molecular weight excluding hydrogens is 427 g/mol. The largest absolute Gasteiger partial charge is 0.481 e. The Kier molecular flexibility index (Phi) is 7.02. The van der Waals surface area contributed by atoms with Gasteiger partial charge in [-0.05, 0) is 49.7 Å². The summed E-state index contributed by atoms with van der Waals surface area (Å²) in [4.78, 5) is 19.3. The molecule has 0 aliphatic rings. The maximum absolute atomic E-state index is 12.9. The number of carboxylic acid groups (broad SMARTS) is 1. The Morgan fingerprint density at radius 3 is 2.30 bits per heavy atom. The van der Waals surface area contributed by atoms with E-state index in [0.717, 1.165) is 11.1 Å². The molecule has 1 aromatic heterocycles. The van der Waals surface area contributed by atoms with Gasteiger partial charge in [0, 0.05) is 23.4 Å². The lowest BCUT2D eigenvalue weighted by Crippen LogP contribution is -2.30. The number of aromatic nitrogens is 1. The van der Waals surface area contributed by atoms with Crippen molar-refractivity contribution in [1.29, 1.82) is 5.41 Å².